The number of carboxylic acids is 1. The number of rotatable bonds is 8. The van der Waals surface area contributed by atoms with Gasteiger partial charge in [0, 0.05) is 40.1 Å². The van der Waals surface area contributed by atoms with Crippen LogP contribution in [0, 0.1) is 5.82 Å². The molecule has 0 unspecified atom stereocenters. The standard InChI is InChI=1S/C24H26FNO4/c1-15(2)26-21-6-4-3-5-20(21)24(16-7-9-17(25)10-8-16)22(26)12-11-18(27)13-19(28)14-23(29)30/h3-12,15,18-19,27-28H,13-14H2,1-2H3,(H,29,30)/b12-11+/t18-,19+/m0/s1/i11D,12D,13D2,14D2,18D,19D. The zero-order valence-electron chi connectivity index (χ0n) is 24.3. The van der Waals surface area contributed by atoms with Crippen LogP contribution in [0.1, 0.15) is 49.3 Å². The van der Waals surface area contributed by atoms with Crippen LogP contribution in [0.5, 0.6) is 0 Å². The number of carboxylic acid groups (broad SMARTS) is 1. The third-order valence-corrected chi connectivity index (χ3v) is 4.32. The molecule has 3 aromatic rings. The van der Waals surface area contributed by atoms with Gasteiger partial charge >= 0.3 is 5.97 Å². The van der Waals surface area contributed by atoms with Gasteiger partial charge < -0.3 is 19.9 Å². The van der Waals surface area contributed by atoms with Crippen molar-refractivity contribution in [3.63, 3.8) is 0 Å². The molecule has 1 heterocycles. The van der Waals surface area contributed by atoms with Crippen LogP contribution in [-0.4, -0.2) is 38.0 Å². The molecule has 6 heteroatoms. The second kappa shape index (κ2) is 9.24. The Morgan fingerprint density at radius 2 is 1.90 bits per heavy atom. The first-order valence-electron chi connectivity index (χ1n) is 13.1. The minimum atomic E-state index is -4.26. The molecule has 2 atom stereocenters. The van der Waals surface area contributed by atoms with E-state index in [1.165, 1.54) is 24.3 Å². The number of carbonyl (C=O) groups is 1. The number of aliphatic carboxylic acids is 1. The Kier molecular flexibility index (Phi) is 4.12. The summed E-state index contributed by atoms with van der Waals surface area (Å²) in [7, 11) is 0. The van der Waals surface area contributed by atoms with Crippen molar-refractivity contribution in [1.82, 2.24) is 4.57 Å². The molecule has 0 saturated carbocycles. The maximum atomic E-state index is 13.7. The van der Waals surface area contributed by atoms with Crippen LogP contribution >= 0.6 is 0 Å². The lowest BCUT2D eigenvalue weighted by Gasteiger charge is -2.15. The second-order valence-electron chi connectivity index (χ2n) is 6.71. The van der Waals surface area contributed by atoms with E-state index in [9.17, 15) is 19.4 Å². The van der Waals surface area contributed by atoms with E-state index in [-0.39, 0.29) is 11.7 Å². The molecule has 0 aliphatic rings. The van der Waals surface area contributed by atoms with E-state index in [4.69, 9.17) is 16.1 Å². The van der Waals surface area contributed by atoms with Gasteiger partial charge in [0.2, 0.25) is 0 Å². The fraction of sp³-hybridized carbons (Fsp3) is 0.292. The second-order valence-corrected chi connectivity index (χ2v) is 6.71. The van der Waals surface area contributed by atoms with Gasteiger partial charge in [-0.25, -0.2) is 4.39 Å². The van der Waals surface area contributed by atoms with Crippen molar-refractivity contribution >= 4 is 22.9 Å². The zero-order chi connectivity index (χ0) is 29.0. The number of halogens is 1. The summed E-state index contributed by atoms with van der Waals surface area (Å²) >= 11 is 0. The largest absolute Gasteiger partial charge is 0.481 e. The minimum Gasteiger partial charge on any atom is -0.481 e. The van der Waals surface area contributed by atoms with E-state index in [1.807, 2.05) is 0 Å². The highest BCUT2D eigenvalue weighted by Gasteiger charge is 2.19. The molecule has 158 valence electrons. The van der Waals surface area contributed by atoms with E-state index in [1.54, 1.807) is 42.7 Å². The number of para-hydroxylation sites is 1. The summed E-state index contributed by atoms with van der Waals surface area (Å²) in [6.45, 7) is 3.49. The molecule has 2 aromatic carbocycles. The van der Waals surface area contributed by atoms with Crippen LogP contribution in [-0.2, 0) is 4.79 Å². The first kappa shape index (κ1) is 13.4. The molecule has 5 nitrogen and oxygen atoms in total. The van der Waals surface area contributed by atoms with Gasteiger partial charge in [-0.05, 0) is 43.7 Å². The van der Waals surface area contributed by atoms with Crippen molar-refractivity contribution in [3.05, 3.63) is 66.1 Å². The Morgan fingerprint density at radius 1 is 1.23 bits per heavy atom. The summed E-state index contributed by atoms with van der Waals surface area (Å²) in [5.41, 5.74) is 1.17. The summed E-state index contributed by atoms with van der Waals surface area (Å²) in [5.74, 6) is -2.98. The smallest absolute Gasteiger partial charge is 0.305 e. The predicted molar refractivity (Wildman–Crippen MR) is 116 cm³/mol. The first-order valence-corrected chi connectivity index (χ1v) is 9.07. The molecule has 0 radical (unpaired) electrons. The van der Waals surface area contributed by atoms with Crippen molar-refractivity contribution in [2.75, 3.05) is 0 Å². The lowest BCUT2D eigenvalue weighted by Crippen LogP contribution is -2.19. The summed E-state index contributed by atoms with van der Waals surface area (Å²) in [6.07, 6.45) is -16.4. The SMILES string of the molecule is [2H]/C(=C(/[2H])[C@]([2H])(O)C([2H])([2H])[C@@]([2H])(O)C([2H])([2H])C(=O)O)c1c(-c2ccc(F)cc2)c2ccccc2n1C(C)C. The van der Waals surface area contributed by atoms with Crippen molar-refractivity contribution < 1.29 is 35.5 Å². The molecule has 3 rings (SSSR count). The molecule has 0 amide bonds. The van der Waals surface area contributed by atoms with Crippen molar-refractivity contribution in [3.8, 4) is 11.1 Å². The monoisotopic (exact) mass is 419 g/mol. The molecule has 1 aromatic heterocycles. The fourth-order valence-corrected chi connectivity index (χ4v) is 3.23. The van der Waals surface area contributed by atoms with E-state index in [0.29, 0.717) is 22.0 Å². The third kappa shape index (κ3) is 4.78. The van der Waals surface area contributed by atoms with Crippen LogP contribution in [0.25, 0.3) is 28.1 Å². The van der Waals surface area contributed by atoms with Crippen molar-refractivity contribution in [1.29, 1.82) is 0 Å². The summed E-state index contributed by atoms with van der Waals surface area (Å²) in [6, 6.07) is 9.21. The van der Waals surface area contributed by atoms with E-state index in [0.717, 1.165) is 0 Å². The van der Waals surface area contributed by atoms with Crippen LogP contribution < -0.4 is 0 Å². The molecule has 0 bridgehead atoms. The Labute approximate surface area is 185 Å². The van der Waals surface area contributed by atoms with Crippen LogP contribution in [0.4, 0.5) is 4.39 Å². The molecular formula is C24H26FNO4. The molecular weight excluding hydrogens is 385 g/mol. The Balaban J connectivity index is 2.40. The normalized spacial score (nSPS) is 21.5. The molecule has 0 aliphatic carbocycles. The molecule has 0 spiro atoms. The molecule has 0 saturated heterocycles. The molecule has 3 N–H and O–H groups in total. The van der Waals surface area contributed by atoms with Gasteiger partial charge in [0.05, 0.1) is 24.0 Å². The van der Waals surface area contributed by atoms with E-state index < -0.39 is 48.8 Å². The topological polar surface area (TPSA) is 82.7 Å². The Morgan fingerprint density at radius 3 is 2.53 bits per heavy atom. The van der Waals surface area contributed by atoms with Gasteiger partial charge in [-0.15, -0.1) is 0 Å². The summed E-state index contributed by atoms with van der Waals surface area (Å²) < 4.78 is 79.6. The van der Waals surface area contributed by atoms with E-state index in [2.05, 4.69) is 0 Å². The van der Waals surface area contributed by atoms with Crippen molar-refractivity contribution in [2.45, 2.75) is 44.8 Å². The highest BCUT2D eigenvalue weighted by atomic mass is 19.1. The van der Waals surface area contributed by atoms with Gasteiger partial charge in [-0.2, -0.15) is 0 Å². The highest BCUT2D eigenvalue weighted by molar-refractivity contribution is 6.01. The summed E-state index contributed by atoms with van der Waals surface area (Å²) in [4.78, 5) is 11.3. The van der Waals surface area contributed by atoms with Gasteiger partial charge in [0.25, 0.3) is 0 Å². The van der Waals surface area contributed by atoms with Gasteiger partial charge in [-0.1, -0.05) is 36.4 Å². The maximum absolute atomic E-state index is 13.7. The molecule has 0 fully saturated rings. The average Bonchev–Trinajstić information content (AvgIpc) is 3.18. The van der Waals surface area contributed by atoms with Crippen LogP contribution in [0.2, 0.25) is 0 Å². The zero-order valence-corrected chi connectivity index (χ0v) is 16.3. The number of hydrogen-bond donors (Lipinski definition) is 3. The predicted octanol–water partition coefficient (Wildman–Crippen LogP) is 4.63. The molecule has 0 aliphatic heterocycles. The van der Waals surface area contributed by atoms with Crippen molar-refractivity contribution in [2.24, 2.45) is 0 Å². The average molecular weight is 420 g/mol. The van der Waals surface area contributed by atoms with E-state index >= 15 is 0 Å². The number of hydrogen-bond acceptors (Lipinski definition) is 3. The minimum absolute atomic E-state index is 0.0750. The maximum Gasteiger partial charge on any atom is 0.305 e. The van der Waals surface area contributed by atoms with Crippen LogP contribution in [0.15, 0.2) is 54.6 Å². The number of aromatic nitrogens is 1. The number of nitrogens with zero attached hydrogens (tertiary/aromatic N) is 1. The Bertz CT molecular complexity index is 1410. The Hall–Kier alpha value is -2.96. The van der Waals surface area contributed by atoms with Crippen LogP contribution in [0.3, 0.4) is 0 Å². The number of benzene rings is 2. The van der Waals surface area contributed by atoms with Gasteiger partial charge in [0.1, 0.15) is 5.82 Å². The highest BCUT2D eigenvalue weighted by Crippen LogP contribution is 2.38. The number of aliphatic hydroxyl groups is 2. The quantitative estimate of drug-likeness (QED) is 0.497. The lowest BCUT2D eigenvalue weighted by molar-refractivity contribution is -0.139. The molecule has 30 heavy (non-hydrogen) atoms. The fourth-order valence-electron chi connectivity index (χ4n) is 3.23. The third-order valence-electron chi connectivity index (χ3n) is 4.32. The first-order chi connectivity index (χ1) is 17.3. The van der Waals surface area contributed by atoms with Gasteiger partial charge in [0.15, 0.2) is 0 Å². The lowest BCUT2D eigenvalue weighted by atomic mass is 10.0. The summed E-state index contributed by atoms with van der Waals surface area (Å²) in [5, 5.41) is 30.8. The number of fused-ring (bicyclic) bond motifs is 1. The van der Waals surface area contributed by atoms with Gasteiger partial charge in [-0.3, -0.25) is 4.79 Å².